The molecule has 0 saturated heterocycles. The minimum Gasteiger partial charge on any atom is -0.461 e. The fraction of sp³-hybridized carbons (Fsp3) is 0.419. The summed E-state index contributed by atoms with van der Waals surface area (Å²) in [6.07, 6.45) is 4.93. The number of benzene rings is 2. The molecule has 3 N–H and O–H groups in total. The highest BCUT2D eigenvalue weighted by atomic mass is 19.1. The summed E-state index contributed by atoms with van der Waals surface area (Å²) in [6.45, 7) is 6.66. The van der Waals surface area contributed by atoms with Gasteiger partial charge in [-0.25, -0.2) is 8.78 Å². The van der Waals surface area contributed by atoms with Crippen molar-refractivity contribution in [3.05, 3.63) is 93.3 Å². The van der Waals surface area contributed by atoms with Crippen LogP contribution in [0.5, 0.6) is 0 Å². The molecule has 0 unspecified atom stereocenters. The second-order valence-electron chi connectivity index (χ2n) is 11.3. The van der Waals surface area contributed by atoms with Gasteiger partial charge in [-0.1, -0.05) is 39.0 Å². The number of esters is 1. The third kappa shape index (κ3) is 7.12. The number of aromatic nitrogens is 1. The molecule has 39 heavy (non-hydrogen) atoms. The molecule has 0 radical (unpaired) electrons. The molecule has 4 rings (SSSR count). The smallest absolute Gasteiger partial charge is 0.323 e. The zero-order valence-corrected chi connectivity index (χ0v) is 22.8. The fourth-order valence-electron chi connectivity index (χ4n) is 5.03. The van der Waals surface area contributed by atoms with E-state index in [2.05, 4.69) is 5.32 Å². The normalized spacial score (nSPS) is 14.9. The van der Waals surface area contributed by atoms with Crippen molar-refractivity contribution in [1.82, 2.24) is 9.88 Å². The van der Waals surface area contributed by atoms with Crippen molar-refractivity contribution in [3.63, 3.8) is 0 Å². The van der Waals surface area contributed by atoms with Gasteiger partial charge in [0.2, 0.25) is 0 Å². The van der Waals surface area contributed by atoms with E-state index in [1.54, 1.807) is 6.07 Å². The van der Waals surface area contributed by atoms with E-state index in [4.69, 9.17) is 10.5 Å². The van der Waals surface area contributed by atoms with Gasteiger partial charge in [0.15, 0.2) is 0 Å². The summed E-state index contributed by atoms with van der Waals surface area (Å²) in [5.74, 6) is -1.30. The van der Waals surface area contributed by atoms with E-state index >= 15 is 0 Å². The van der Waals surface area contributed by atoms with Gasteiger partial charge in [-0.15, -0.1) is 0 Å². The molecule has 0 bridgehead atoms. The van der Waals surface area contributed by atoms with Crippen molar-refractivity contribution in [2.75, 3.05) is 12.3 Å². The summed E-state index contributed by atoms with van der Waals surface area (Å²) >= 11 is 0. The molecular formula is C31H37F2N3O3. The lowest BCUT2D eigenvalue weighted by Crippen LogP contribution is -2.48. The number of hydrogen-bond donors (Lipinski definition) is 2. The zero-order valence-electron chi connectivity index (χ0n) is 22.8. The van der Waals surface area contributed by atoms with E-state index in [-0.39, 0.29) is 40.8 Å². The molecule has 1 aromatic heterocycles. The van der Waals surface area contributed by atoms with Gasteiger partial charge < -0.3 is 15.8 Å². The molecule has 1 aliphatic rings. The molecule has 208 valence electrons. The van der Waals surface area contributed by atoms with Gasteiger partial charge in [0.05, 0.1) is 5.69 Å². The van der Waals surface area contributed by atoms with Crippen molar-refractivity contribution >= 4 is 11.8 Å². The Hall–Kier alpha value is -3.52. The quantitative estimate of drug-likeness (QED) is 0.361. The minimum atomic E-state index is -0.661. The number of carbonyl (C=O) groups excluding carboxylic acids is 1. The molecule has 0 amide bonds. The molecule has 1 heterocycles. The Morgan fingerprint density at radius 2 is 1.72 bits per heavy atom. The SMILES string of the molecule is CC(C)(C)[C@H](NCCc1ccc(-n2c(N)c(Cc3ccc(F)cc3F)ccc2=O)cc1)C(=O)OC1CCCC1. The van der Waals surface area contributed by atoms with Gasteiger partial charge >= 0.3 is 5.97 Å². The van der Waals surface area contributed by atoms with Crippen LogP contribution in [-0.2, 0) is 22.4 Å². The first kappa shape index (κ1) is 28.5. The third-order valence-electron chi connectivity index (χ3n) is 7.26. The number of rotatable bonds is 9. The van der Waals surface area contributed by atoms with E-state index < -0.39 is 17.7 Å². The predicted molar refractivity (Wildman–Crippen MR) is 149 cm³/mol. The first-order valence-corrected chi connectivity index (χ1v) is 13.5. The van der Waals surface area contributed by atoms with Gasteiger partial charge in [0.1, 0.15) is 29.6 Å². The van der Waals surface area contributed by atoms with Crippen molar-refractivity contribution in [1.29, 1.82) is 0 Å². The van der Waals surface area contributed by atoms with Crippen LogP contribution in [0.25, 0.3) is 5.69 Å². The van der Waals surface area contributed by atoms with Crippen LogP contribution in [0, 0.1) is 17.0 Å². The second-order valence-corrected chi connectivity index (χ2v) is 11.3. The van der Waals surface area contributed by atoms with Crippen molar-refractivity contribution in [2.45, 2.75) is 71.4 Å². The molecule has 3 aromatic rings. The highest BCUT2D eigenvalue weighted by molar-refractivity contribution is 5.77. The number of ether oxygens (including phenoxy) is 1. The van der Waals surface area contributed by atoms with Gasteiger partial charge in [-0.05, 0) is 85.0 Å². The average Bonchev–Trinajstić information content (AvgIpc) is 3.38. The molecule has 0 spiro atoms. The van der Waals surface area contributed by atoms with Crippen molar-refractivity contribution in [2.24, 2.45) is 5.41 Å². The fourth-order valence-corrected chi connectivity index (χ4v) is 5.03. The number of hydrogen-bond acceptors (Lipinski definition) is 5. The van der Waals surface area contributed by atoms with Gasteiger partial charge in [0, 0.05) is 18.6 Å². The summed E-state index contributed by atoms with van der Waals surface area (Å²) in [6, 6.07) is 13.4. The maximum atomic E-state index is 14.2. The lowest BCUT2D eigenvalue weighted by Gasteiger charge is -2.30. The number of nitrogens with zero attached hydrogens (tertiary/aromatic N) is 1. The highest BCUT2D eigenvalue weighted by Crippen LogP contribution is 2.26. The van der Waals surface area contributed by atoms with E-state index in [1.165, 1.54) is 22.8 Å². The number of pyridine rings is 1. The molecular weight excluding hydrogens is 500 g/mol. The standard InChI is InChI=1S/C31H37F2N3O3/c1-31(2,3)28(30(38)39-25-6-4-5-7-25)35-17-16-20-8-13-24(14-9-20)36-27(37)15-11-22(29(36)34)18-21-10-12-23(32)19-26(21)33/h8-15,19,25,28,35H,4-7,16-18,34H2,1-3H3/t28-/m1/s1. The first-order chi connectivity index (χ1) is 18.5. The van der Waals surface area contributed by atoms with Crippen LogP contribution >= 0.6 is 0 Å². The topological polar surface area (TPSA) is 86.4 Å². The van der Waals surface area contributed by atoms with E-state index in [0.717, 1.165) is 37.3 Å². The molecule has 8 heteroatoms. The second kappa shape index (κ2) is 12.1. The van der Waals surface area contributed by atoms with Crippen LogP contribution in [0.3, 0.4) is 0 Å². The Balaban J connectivity index is 1.43. The first-order valence-electron chi connectivity index (χ1n) is 13.5. The van der Waals surface area contributed by atoms with Crippen LogP contribution < -0.4 is 16.6 Å². The molecule has 1 atom stereocenters. The summed E-state index contributed by atoms with van der Waals surface area (Å²) in [7, 11) is 0. The molecule has 1 aliphatic carbocycles. The van der Waals surface area contributed by atoms with Crippen LogP contribution in [0.2, 0.25) is 0 Å². The zero-order chi connectivity index (χ0) is 28.2. The van der Waals surface area contributed by atoms with Crippen LogP contribution in [0.1, 0.15) is 63.1 Å². The number of nitrogens with one attached hydrogen (secondary N) is 1. The van der Waals surface area contributed by atoms with Crippen molar-refractivity contribution in [3.8, 4) is 5.69 Å². The largest absolute Gasteiger partial charge is 0.461 e. The maximum Gasteiger partial charge on any atom is 0.323 e. The van der Waals surface area contributed by atoms with Crippen LogP contribution in [0.15, 0.2) is 59.4 Å². The summed E-state index contributed by atoms with van der Waals surface area (Å²) in [5, 5.41) is 3.38. The van der Waals surface area contributed by atoms with Gasteiger partial charge in [-0.2, -0.15) is 0 Å². The minimum absolute atomic E-state index is 0.0285. The molecule has 0 aliphatic heterocycles. The Morgan fingerprint density at radius 3 is 2.36 bits per heavy atom. The van der Waals surface area contributed by atoms with Gasteiger partial charge in [0.25, 0.3) is 5.56 Å². The number of anilines is 1. The van der Waals surface area contributed by atoms with Gasteiger partial charge in [-0.3, -0.25) is 14.2 Å². The Kier molecular flexibility index (Phi) is 8.85. The predicted octanol–water partition coefficient (Wildman–Crippen LogP) is 5.32. The highest BCUT2D eigenvalue weighted by Gasteiger charge is 2.34. The van der Waals surface area contributed by atoms with Crippen LogP contribution in [-0.4, -0.2) is 29.2 Å². The Bertz CT molecular complexity index is 1360. The lowest BCUT2D eigenvalue weighted by molar-refractivity contribution is -0.154. The summed E-state index contributed by atoms with van der Waals surface area (Å²) in [4.78, 5) is 25.5. The number of halogens is 2. The lowest BCUT2D eigenvalue weighted by atomic mass is 9.86. The monoisotopic (exact) mass is 537 g/mol. The Labute approximate surface area is 228 Å². The number of carbonyl (C=O) groups is 1. The van der Waals surface area contributed by atoms with E-state index in [0.29, 0.717) is 24.2 Å². The molecule has 6 nitrogen and oxygen atoms in total. The Morgan fingerprint density at radius 1 is 1.05 bits per heavy atom. The molecule has 2 aromatic carbocycles. The molecule has 1 fully saturated rings. The summed E-state index contributed by atoms with van der Waals surface area (Å²) in [5.41, 5.74) is 8.20. The third-order valence-corrected chi connectivity index (χ3v) is 7.26. The maximum absolute atomic E-state index is 14.2. The van der Waals surface area contributed by atoms with E-state index in [9.17, 15) is 18.4 Å². The molecule has 1 saturated carbocycles. The van der Waals surface area contributed by atoms with E-state index in [1.807, 2.05) is 45.0 Å². The van der Waals surface area contributed by atoms with Crippen molar-refractivity contribution < 1.29 is 18.3 Å². The van der Waals surface area contributed by atoms with Crippen LogP contribution in [0.4, 0.5) is 14.6 Å². The average molecular weight is 538 g/mol. The summed E-state index contributed by atoms with van der Waals surface area (Å²) < 4.78 is 34.6. The number of nitrogens with two attached hydrogens (primary N) is 1. The number of nitrogen functional groups attached to an aromatic ring is 1.